The Bertz CT molecular complexity index is 3890. The molecule has 0 amide bonds. The molecule has 0 radical (unpaired) electrons. The molecule has 0 N–H and O–H groups in total. The van der Waals surface area contributed by atoms with Gasteiger partial charge >= 0.3 is 0 Å². The fourth-order valence-electron chi connectivity index (χ4n) is 10.3. The van der Waals surface area contributed by atoms with Gasteiger partial charge in [0.1, 0.15) is 0 Å². The molecule has 13 aromatic rings. The van der Waals surface area contributed by atoms with Crippen LogP contribution in [0.3, 0.4) is 0 Å². The van der Waals surface area contributed by atoms with Crippen molar-refractivity contribution in [3.05, 3.63) is 255 Å². The highest BCUT2D eigenvalue weighted by Gasteiger charge is 2.26. The molecule has 4 heteroatoms. The van der Waals surface area contributed by atoms with Crippen molar-refractivity contribution in [2.24, 2.45) is 0 Å². The van der Waals surface area contributed by atoms with E-state index >= 15 is 0 Å². The molecule has 0 saturated heterocycles. The highest BCUT2D eigenvalue weighted by Crippen LogP contribution is 2.47. The molecule has 0 aliphatic heterocycles. The minimum atomic E-state index is 1.08. The molecule has 13 rings (SSSR count). The Balaban J connectivity index is 1.16. The summed E-state index contributed by atoms with van der Waals surface area (Å²) in [5.41, 5.74) is 13.4. The summed E-state index contributed by atoms with van der Waals surface area (Å²) < 4.78 is 5.01. The van der Waals surface area contributed by atoms with Gasteiger partial charge in [-0.15, -0.1) is 0 Å². The van der Waals surface area contributed by atoms with E-state index < -0.39 is 0 Å². The molecule has 0 aliphatic carbocycles. The Hall–Kier alpha value is -8.86. The highest BCUT2D eigenvalue weighted by molar-refractivity contribution is 6.22. The van der Waals surface area contributed by atoms with Gasteiger partial charge in [0, 0.05) is 55.7 Å². The monoisotopic (exact) mass is 842 g/mol. The smallest absolute Gasteiger partial charge is 0.0804 e. The van der Waals surface area contributed by atoms with Gasteiger partial charge in [-0.2, -0.15) is 0 Å². The molecule has 310 valence electrons. The van der Waals surface area contributed by atoms with Gasteiger partial charge in [0.25, 0.3) is 0 Å². The highest BCUT2D eigenvalue weighted by atomic mass is 15.2. The summed E-state index contributed by atoms with van der Waals surface area (Å²) in [5, 5.41) is 9.53. The first kappa shape index (κ1) is 37.7. The molecule has 0 saturated carbocycles. The number of hydrogen-bond donors (Lipinski definition) is 0. The van der Waals surface area contributed by atoms with Crippen LogP contribution in [0, 0.1) is 0 Å². The lowest BCUT2D eigenvalue weighted by atomic mass is 10.0. The lowest BCUT2D eigenvalue weighted by Crippen LogP contribution is -2.10. The van der Waals surface area contributed by atoms with Crippen molar-refractivity contribution in [2.45, 2.75) is 0 Å². The number of hydrogen-bond acceptors (Lipinski definition) is 2. The van der Waals surface area contributed by atoms with Crippen LogP contribution < -0.4 is 9.80 Å². The fourth-order valence-corrected chi connectivity index (χ4v) is 10.3. The van der Waals surface area contributed by atoms with Gasteiger partial charge in [0.2, 0.25) is 0 Å². The molecular weight excluding hydrogens is 801 g/mol. The standard InChI is InChI=1S/C62H42N4/c1-4-24-47(25-5-1)63(48-26-6-2-7-27-48)51-36-39-60-56(41-51)61-62(66(60)58-33-17-23-45-20-13-15-31-54(45)58)55-42-52(37-38-59(55)65(61)49-28-8-3-9-29-49)64(50-35-34-43-18-10-11-21-46(43)40-50)57-32-16-22-44-19-12-14-30-53(44)57/h1-42H. The molecule has 0 bridgehead atoms. The van der Waals surface area contributed by atoms with E-state index in [2.05, 4.69) is 274 Å². The Morgan fingerprint density at radius 2 is 0.727 bits per heavy atom. The summed E-state index contributed by atoms with van der Waals surface area (Å²) in [4.78, 5) is 4.81. The first-order valence-corrected chi connectivity index (χ1v) is 22.6. The molecule has 2 aromatic heterocycles. The minimum Gasteiger partial charge on any atom is -0.310 e. The van der Waals surface area contributed by atoms with Crippen molar-refractivity contribution in [3.63, 3.8) is 0 Å². The van der Waals surface area contributed by atoms with E-state index in [1.807, 2.05) is 0 Å². The second-order valence-corrected chi connectivity index (χ2v) is 17.0. The topological polar surface area (TPSA) is 16.3 Å². The summed E-state index contributed by atoms with van der Waals surface area (Å²) in [6.07, 6.45) is 0. The number of para-hydroxylation sites is 3. The zero-order valence-electron chi connectivity index (χ0n) is 36.0. The van der Waals surface area contributed by atoms with Gasteiger partial charge in [-0.25, -0.2) is 0 Å². The summed E-state index contributed by atoms with van der Waals surface area (Å²) in [7, 11) is 0. The van der Waals surface area contributed by atoms with Gasteiger partial charge in [0.15, 0.2) is 0 Å². The van der Waals surface area contributed by atoms with Gasteiger partial charge in [-0.05, 0) is 119 Å². The Morgan fingerprint density at radius 1 is 0.258 bits per heavy atom. The first-order valence-electron chi connectivity index (χ1n) is 22.6. The van der Waals surface area contributed by atoms with E-state index in [9.17, 15) is 0 Å². The van der Waals surface area contributed by atoms with Crippen LogP contribution in [0.2, 0.25) is 0 Å². The third kappa shape index (κ3) is 6.07. The second-order valence-electron chi connectivity index (χ2n) is 17.0. The predicted octanol–water partition coefficient (Wildman–Crippen LogP) is 17.1. The normalized spacial score (nSPS) is 11.6. The van der Waals surface area contributed by atoms with Crippen LogP contribution in [0.25, 0.3) is 76.5 Å². The van der Waals surface area contributed by atoms with Crippen LogP contribution in [-0.4, -0.2) is 9.13 Å². The lowest BCUT2D eigenvalue weighted by Gasteiger charge is -2.27. The predicted molar refractivity (Wildman–Crippen MR) is 279 cm³/mol. The number of rotatable bonds is 8. The molecule has 0 fully saturated rings. The molecule has 0 atom stereocenters. The van der Waals surface area contributed by atoms with Crippen molar-refractivity contribution in [1.82, 2.24) is 9.13 Å². The Kier molecular flexibility index (Phi) is 8.81. The van der Waals surface area contributed by atoms with E-state index in [0.717, 1.165) is 78.3 Å². The summed E-state index contributed by atoms with van der Waals surface area (Å²) in [5.74, 6) is 0. The molecule has 0 spiro atoms. The van der Waals surface area contributed by atoms with E-state index in [1.165, 1.54) is 32.3 Å². The van der Waals surface area contributed by atoms with Crippen LogP contribution in [0.15, 0.2) is 255 Å². The van der Waals surface area contributed by atoms with E-state index in [1.54, 1.807) is 0 Å². The van der Waals surface area contributed by atoms with Gasteiger partial charge in [0.05, 0.1) is 33.4 Å². The third-order valence-corrected chi connectivity index (χ3v) is 13.2. The summed E-state index contributed by atoms with van der Waals surface area (Å²) >= 11 is 0. The Labute approximate surface area is 382 Å². The van der Waals surface area contributed by atoms with Gasteiger partial charge in [-0.1, -0.05) is 158 Å². The van der Waals surface area contributed by atoms with Crippen molar-refractivity contribution in [1.29, 1.82) is 0 Å². The van der Waals surface area contributed by atoms with Crippen LogP contribution in [-0.2, 0) is 0 Å². The van der Waals surface area contributed by atoms with Crippen molar-refractivity contribution in [3.8, 4) is 11.4 Å². The molecule has 2 heterocycles. The average Bonchev–Trinajstić information content (AvgIpc) is 3.89. The Morgan fingerprint density at radius 3 is 1.41 bits per heavy atom. The van der Waals surface area contributed by atoms with Gasteiger partial charge in [-0.3, -0.25) is 0 Å². The van der Waals surface area contributed by atoms with E-state index in [0.29, 0.717) is 0 Å². The quantitative estimate of drug-likeness (QED) is 0.152. The zero-order chi connectivity index (χ0) is 43.6. The van der Waals surface area contributed by atoms with Crippen molar-refractivity contribution < 1.29 is 0 Å². The van der Waals surface area contributed by atoms with Crippen LogP contribution >= 0.6 is 0 Å². The number of fused-ring (bicyclic) bond motifs is 8. The van der Waals surface area contributed by atoms with Crippen LogP contribution in [0.1, 0.15) is 0 Å². The summed E-state index contributed by atoms with van der Waals surface area (Å²) in [6, 6.07) is 92.6. The first-order chi connectivity index (χ1) is 32.8. The SMILES string of the molecule is c1ccc(N(c2ccccc2)c2ccc3c(c2)c2c(c4cc(N(c5ccc6ccccc6c5)c5cccc6ccccc56)ccc4n2-c2ccccc2)n3-c2cccc3ccccc23)cc1. The zero-order valence-corrected chi connectivity index (χ0v) is 36.0. The largest absolute Gasteiger partial charge is 0.310 e. The number of anilines is 6. The van der Waals surface area contributed by atoms with Crippen molar-refractivity contribution in [2.75, 3.05) is 9.80 Å². The molecular formula is C62H42N4. The maximum absolute atomic E-state index is 2.52. The van der Waals surface area contributed by atoms with Gasteiger partial charge < -0.3 is 18.9 Å². The average molecular weight is 843 g/mol. The number of aromatic nitrogens is 2. The second kappa shape index (κ2) is 15.4. The lowest BCUT2D eigenvalue weighted by molar-refractivity contribution is 1.18. The van der Waals surface area contributed by atoms with Crippen LogP contribution in [0.4, 0.5) is 34.1 Å². The van der Waals surface area contributed by atoms with E-state index in [-0.39, 0.29) is 0 Å². The molecule has 0 aliphatic rings. The molecule has 11 aromatic carbocycles. The number of benzene rings is 11. The maximum atomic E-state index is 2.52. The minimum absolute atomic E-state index is 1.08. The molecule has 4 nitrogen and oxygen atoms in total. The maximum Gasteiger partial charge on any atom is 0.0804 e. The fraction of sp³-hybridized carbons (Fsp3) is 0. The molecule has 0 unspecified atom stereocenters. The molecule has 66 heavy (non-hydrogen) atoms. The van der Waals surface area contributed by atoms with E-state index in [4.69, 9.17) is 0 Å². The summed E-state index contributed by atoms with van der Waals surface area (Å²) in [6.45, 7) is 0. The number of nitrogens with zero attached hydrogens (tertiary/aromatic N) is 4. The van der Waals surface area contributed by atoms with Crippen molar-refractivity contribution >= 4 is 99.3 Å². The third-order valence-electron chi connectivity index (χ3n) is 13.2. The van der Waals surface area contributed by atoms with Crippen LogP contribution in [0.5, 0.6) is 0 Å².